The van der Waals surface area contributed by atoms with Gasteiger partial charge in [0, 0.05) is 6.04 Å². The number of hydrogen-bond acceptors (Lipinski definition) is 4. The van der Waals surface area contributed by atoms with Gasteiger partial charge < -0.3 is 10.6 Å². The van der Waals surface area contributed by atoms with E-state index in [9.17, 15) is 4.79 Å². The first-order valence-corrected chi connectivity index (χ1v) is 7.22. The minimum atomic E-state index is -0.289. The highest BCUT2D eigenvalue weighted by Crippen LogP contribution is 2.28. The molecular weight excluding hydrogens is 258 g/mol. The third-order valence-corrected chi connectivity index (χ3v) is 3.74. The van der Waals surface area contributed by atoms with Crippen LogP contribution in [-0.4, -0.2) is 23.0 Å². The average Bonchev–Trinajstić information content (AvgIpc) is 2.72. The minimum Gasteiger partial charge on any atom is -0.352 e. The summed E-state index contributed by atoms with van der Waals surface area (Å²) in [5.74, 6) is -0.00835. The van der Waals surface area contributed by atoms with Crippen molar-refractivity contribution >= 4 is 32.6 Å². The number of rotatable bonds is 4. The fourth-order valence-corrected chi connectivity index (χ4v) is 2.84. The van der Waals surface area contributed by atoms with Crippen LogP contribution in [0.5, 0.6) is 0 Å². The second-order valence-electron chi connectivity index (χ2n) is 4.97. The first-order chi connectivity index (χ1) is 8.97. The van der Waals surface area contributed by atoms with Crippen molar-refractivity contribution in [1.82, 2.24) is 10.3 Å². The van der Waals surface area contributed by atoms with Crippen LogP contribution >= 0.6 is 11.3 Å². The second-order valence-corrected chi connectivity index (χ2v) is 6.00. The molecule has 1 unspecified atom stereocenters. The van der Waals surface area contributed by atoms with Gasteiger partial charge in [-0.05, 0) is 39.3 Å². The molecule has 5 heteroatoms. The maximum Gasteiger partial charge on any atom is 0.242 e. The molecule has 0 spiro atoms. The SMILES string of the molecule is Cc1cccc2sc(NC(C)C(=O)NC(C)C)nc12. The number of nitrogens with zero attached hydrogens (tertiary/aromatic N) is 1. The summed E-state index contributed by atoms with van der Waals surface area (Å²) in [5, 5.41) is 6.83. The van der Waals surface area contributed by atoms with Gasteiger partial charge in [-0.15, -0.1) is 0 Å². The van der Waals surface area contributed by atoms with Crippen LogP contribution in [0, 0.1) is 6.92 Å². The van der Waals surface area contributed by atoms with Crippen LogP contribution in [0.2, 0.25) is 0 Å². The molecule has 1 amide bonds. The van der Waals surface area contributed by atoms with Crippen molar-refractivity contribution in [3.05, 3.63) is 23.8 Å². The fraction of sp³-hybridized carbons (Fsp3) is 0.429. The number of benzene rings is 1. The Balaban J connectivity index is 2.13. The largest absolute Gasteiger partial charge is 0.352 e. The van der Waals surface area contributed by atoms with Gasteiger partial charge in [0.25, 0.3) is 0 Å². The maximum absolute atomic E-state index is 11.8. The van der Waals surface area contributed by atoms with E-state index in [1.165, 1.54) is 0 Å². The van der Waals surface area contributed by atoms with Crippen molar-refractivity contribution in [2.24, 2.45) is 0 Å². The number of fused-ring (bicyclic) bond motifs is 1. The molecule has 1 aromatic heterocycles. The Kier molecular flexibility index (Phi) is 4.04. The molecule has 2 rings (SSSR count). The number of carbonyl (C=O) groups is 1. The van der Waals surface area contributed by atoms with Crippen LogP contribution in [-0.2, 0) is 4.79 Å². The van der Waals surface area contributed by atoms with Crippen LogP contribution in [0.15, 0.2) is 18.2 Å². The fourth-order valence-electron chi connectivity index (χ4n) is 1.81. The van der Waals surface area contributed by atoms with Crippen molar-refractivity contribution in [2.75, 3.05) is 5.32 Å². The quantitative estimate of drug-likeness (QED) is 0.903. The zero-order chi connectivity index (χ0) is 14.0. The van der Waals surface area contributed by atoms with E-state index in [1.807, 2.05) is 45.9 Å². The Morgan fingerprint density at radius 3 is 2.68 bits per heavy atom. The first kappa shape index (κ1) is 13.8. The van der Waals surface area contributed by atoms with Gasteiger partial charge in [0.05, 0.1) is 10.2 Å². The van der Waals surface area contributed by atoms with Crippen LogP contribution in [0.1, 0.15) is 26.3 Å². The molecule has 4 nitrogen and oxygen atoms in total. The van der Waals surface area contributed by atoms with Crippen LogP contribution in [0.3, 0.4) is 0 Å². The van der Waals surface area contributed by atoms with Crippen LogP contribution in [0.4, 0.5) is 5.13 Å². The first-order valence-electron chi connectivity index (χ1n) is 6.40. The normalized spacial score (nSPS) is 12.7. The number of carbonyl (C=O) groups excluding carboxylic acids is 1. The number of aryl methyl sites for hydroxylation is 1. The summed E-state index contributed by atoms with van der Waals surface area (Å²) >= 11 is 1.57. The molecule has 0 fully saturated rings. The highest BCUT2D eigenvalue weighted by Gasteiger charge is 2.15. The molecule has 1 atom stereocenters. The van der Waals surface area contributed by atoms with Crippen molar-refractivity contribution in [1.29, 1.82) is 0 Å². The number of para-hydroxylation sites is 1. The molecule has 0 bridgehead atoms. The van der Waals surface area contributed by atoms with Gasteiger partial charge in [-0.1, -0.05) is 23.5 Å². The topological polar surface area (TPSA) is 54.0 Å². The summed E-state index contributed by atoms with van der Waals surface area (Å²) in [6.45, 7) is 7.79. The van der Waals surface area contributed by atoms with Crippen molar-refractivity contribution in [3.8, 4) is 0 Å². The number of amides is 1. The molecule has 19 heavy (non-hydrogen) atoms. The molecule has 2 N–H and O–H groups in total. The number of aromatic nitrogens is 1. The van der Waals surface area contributed by atoms with E-state index in [0.29, 0.717) is 0 Å². The average molecular weight is 277 g/mol. The van der Waals surface area contributed by atoms with E-state index in [0.717, 1.165) is 20.9 Å². The summed E-state index contributed by atoms with van der Waals surface area (Å²) in [7, 11) is 0. The van der Waals surface area contributed by atoms with Gasteiger partial charge in [-0.2, -0.15) is 0 Å². The third-order valence-electron chi connectivity index (χ3n) is 2.78. The third kappa shape index (κ3) is 3.23. The van der Waals surface area contributed by atoms with E-state index >= 15 is 0 Å². The Labute approximate surface area is 117 Å². The van der Waals surface area contributed by atoms with Gasteiger partial charge in [-0.25, -0.2) is 4.98 Å². The molecule has 2 aromatic rings. The predicted molar refractivity (Wildman–Crippen MR) is 80.7 cm³/mol. The Bertz CT molecular complexity index is 591. The molecule has 1 aromatic carbocycles. The summed E-state index contributed by atoms with van der Waals surface area (Å²) < 4.78 is 1.14. The summed E-state index contributed by atoms with van der Waals surface area (Å²) in [6, 6.07) is 5.97. The van der Waals surface area contributed by atoms with Gasteiger partial charge in [-0.3, -0.25) is 4.79 Å². The lowest BCUT2D eigenvalue weighted by Crippen LogP contribution is -2.40. The summed E-state index contributed by atoms with van der Waals surface area (Å²) in [6.07, 6.45) is 0. The number of hydrogen-bond donors (Lipinski definition) is 2. The molecule has 0 saturated heterocycles. The van der Waals surface area contributed by atoms with E-state index < -0.39 is 0 Å². The molecular formula is C14H19N3OS. The molecule has 0 aliphatic carbocycles. The molecule has 102 valence electrons. The highest BCUT2D eigenvalue weighted by atomic mass is 32.1. The number of nitrogens with one attached hydrogen (secondary N) is 2. The lowest BCUT2D eigenvalue weighted by molar-refractivity contribution is -0.122. The van der Waals surface area contributed by atoms with Gasteiger partial charge in [0.2, 0.25) is 5.91 Å². The molecule has 0 saturated carbocycles. The molecule has 0 aliphatic heterocycles. The molecule has 0 radical (unpaired) electrons. The van der Waals surface area contributed by atoms with Crippen LogP contribution in [0.25, 0.3) is 10.2 Å². The highest BCUT2D eigenvalue weighted by molar-refractivity contribution is 7.22. The maximum atomic E-state index is 11.8. The number of anilines is 1. The Morgan fingerprint density at radius 1 is 1.32 bits per heavy atom. The summed E-state index contributed by atoms with van der Waals surface area (Å²) in [5.41, 5.74) is 2.16. The number of thiazole rings is 1. The standard InChI is InChI=1S/C14H19N3OS/c1-8(2)15-13(18)10(4)16-14-17-12-9(3)6-5-7-11(12)19-14/h5-8,10H,1-4H3,(H,15,18)(H,16,17). The van der Waals surface area contributed by atoms with Crippen LogP contribution < -0.4 is 10.6 Å². The lowest BCUT2D eigenvalue weighted by Gasteiger charge is -2.15. The smallest absolute Gasteiger partial charge is 0.242 e. The zero-order valence-corrected chi connectivity index (χ0v) is 12.5. The van der Waals surface area contributed by atoms with Crippen molar-refractivity contribution in [3.63, 3.8) is 0 Å². The molecule has 0 aliphatic rings. The molecule has 1 heterocycles. The van der Waals surface area contributed by atoms with E-state index in [2.05, 4.69) is 15.6 Å². The predicted octanol–water partition coefficient (Wildman–Crippen LogP) is 2.93. The van der Waals surface area contributed by atoms with Crippen molar-refractivity contribution < 1.29 is 4.79 Å². The second kappa shape index (κ2) is 5.57. The lowest BCUT2D eigenvalue weighted by atomic mass is 10.2. The van der Waals surface area contributed by atoms with Gasteiger partial charge in [0.15, 0.2) is 5.13 Å². The van der Waals surface area contributed by atoms with Crippen molar-refractivity contribution in [2.45, 2.75) is 39.8 Å². The van der Waals surface area contributed by atoms with E-state index in [4.69, 9.17) is 0 Å². The van der Waals surface area contributed by atoms with E-state index in [-0.39, 0.29) is 18.0 Å². The summed E-state index contributed by atoms with van der Waals surface area (Å²) in [4.78, 5) is 16.4. The minimum absolute atomic E-state index is 0.00835. The Morgan fingerprint density at radius 2 is 2.05 bits per heavy atom. The Hall–Kier alpha value is -1.62. The monoisotopic (exact) mass is 277 g/mol. The van der Waals surface area contributed by atoms with Gasteiger partial charge in [0.1, 0.15) is 6.04 Å². The van der Waals surface area contributed by atoms with Gasteiger partial charge >= 0.3 is 0 Å². The van der Waals surface area contributed by atoms with E-state index in [1.54, 1.807) is 11.3 Å². The zero-order valence-electron chi connectivity index (χ0n) is 11.7.